The van der Waals surface area contributed by atoms with Crippen LogP contribution in [0.1, 0.15) is 51.5 Å². The van der Waals surface area contributed by atoms with Crippen LogP contribution < -0.4 is 4.74 Å². The lowest BCUT2D eigenvalue weighted by molar-refractivity contribution is -0.147. The Hall–Kier alpha value is -1.63. The molecule has 6 nitrogen and oxygen atoms in total. The number of benzene rings is 1. The van der Waals surface area contributed by atoms with E-state index in [1.54, 1.807) is 19.9 Å². The second-order valence-electron chi connectivity index (χ2n) is 9.16. The number of hydrogen-bond acceptors (Lipinski definition) is 6. The quantitative estimate of drug-likeness (QED) is 0.130. The maximum Gasteiger partial charge on any atom is 0.416 e. The van der Waals surface area contributed by atoms with Crippen molar-refractivity contribution in [3.8, 4) is 5.75 Å². The van der Waals surface area contributed by atoms with Crippen molar-refractivity contribution in [3.05, 3.63) is 51.6 Å². The molecular weight excluding hydrogens is 592 g/mol. The molecule has 0 aliphatic heterocycles. The van der Waals surface area contributed by atoms with Crippen molar-refractivity contribution < 1.29 is 42.8 Å². The van der Waals surface area contributed by atoms with Gasteiger partial charge < -0.3 is 24.8 Å². The van der Waals surface area contributed by atoms with Gasteiger partial charge >= 0.3 is 12.1 Å². The number of ether oxygens (including phenoxy) is 2. The highest BCUT2D eigenvalue weighted by molar-refractivity contribution is 14.1. The molecule has 0 radical (unpaired) electrons. The third kappa shape index (κ3) is 10.0. The van der Waals surface area contributed by atoms with Gasteiger partial charge in [0, 0.05) is 18.8 Å². The van der Waals surface area contributed by atoms with Crippen LogP contribution in [0.4, 0.5) is 13.2 Å². The van der Waals surface area contributed by atoms with Crippen molar-refractivity contribution in [1.82, 2.24) is 0 Å². The molecule has 36 heavy (non-hydrogen) atoms. The number of aliphatic hydroxyl groups excluding tert-OH is 3. The van der Waals surface area contributed by atoms with Crippen molar-refractivity contribution in [3.63, 3.8) is 0 Å². The third-order valence-corrected chi connectivity index (χ3v) is 6.72. The largest absolute Gasteiger partial charge is 0.489 e. The van der Waals surface area contributed by atoms with E-state index >= 15 is 0 Å². The Morgan fingerprint density at radius 1 is 1.22 bits per heavy atom. The van der Waals surface area contributed by atoms with Crippen LogP contribution in [-0.4, -0.2) is 52.3 Å². The fourth-order valence-electron chi connectivity index (χ4n) is 4.04. The summed E-state index contributed by atoms with van der Waals surface area (Å²) in [7, 11) is 0. The highest BCUT2D eigenvalue weighted by Gasteiger charge is 2.39. The van der Waals surface area contributed by atoms with Gasteiger partial charge in [0.2, 0.25) is 0 Å². The molecule has 1 aliphatic carbocycles. The molecule has 5 atom stereocenters. The standard InChI is InChI=1S/C26H34F3IO6/c1-16(2)36-25(34)8-6-4-3-5-7-19-20(23(33)14-22(19)32)11-10-18(31)15-35-24-13-17(26(27,28)29)9-12-21(24)30/h3,5,9-13,16,18-20,22-23,31-33H,4,6-8,14-15H2,1-2H3. The smallest absolute Gasteiger partial charge is 0.416 e. The zero-order valence-electron chi connectivity index (χ0n) is 20.3. The van der Waals surface area contributed by atoms with Crippen molar-refractivity contribution in [2.24, 2.45) is 11.8 Å². The molecule has 3 N–H and O–H groups in total. The first-order chi connectivity index (χ1) is 16.9. The second kappa shape index (κ2) is 14.3. The zero-order valence-corrected chi connectivity index (χ0v) is 22.5. The molecule has 0 heterocycles. The summed E-state index contributed by atoms with van der Waals surface area (Å²) in [6.45, 7) is 3.34. The summed E-state index contributed by atoms with van der Waals surface area (Å²) in [5.41, 5.74) is -0.836. The van der Waals surface area contributed by atoms with Gasteiger partial charge in [0.25, 0.3) is 0 Å². The van der Waals surface area contributed by atoms with E-state index in [2.05, 4.69) is 0 Å². The van der Waals surface area contributed by atoms with Gasteiger partial charge in [0.1, 0.15) is 18.5 Å². The lowest BCUT2D eigenvalue weighted by atomic mass is 9.89. The molecule has 1 saturated carbocycles. The zero-order chi connectivity index (χ0) is 26.9. The maximum absolute atomic E-state index is 12.9. The number of allylic oxidation sites excluding steroid dienone is 2. The summed E-state index contributed by atoms with van der Waals surface area (Å²) in [6, 6.07) is 3.16. The van der Waals surface area contributed by atoms with E-state index in [1.165, 1.54) is 12.1 Å². The lowest BCUT2D eigenvalue weighted by Crippen LogP contribution is -2.21. The van der Waals surface area contributed by atoms with Crippen molar-refractivity contribution in [1.29, 1.82) is 0 Å². The van der Waals surface area contributed by atoms with Gasteiger partial charge in [-0.05, 0) is 79.8 Å². The van der Waals surface area contributed by atoms with Crippen LogP contribution in [0.5, 0.6) is 5.75 Å². The van der Waals surface area contributed by atoms with Crippen LogP contribution in [0.15, 0.2) is 42.5 Å². The van der Waals surface area contributed by atoms with E-state index in [4.69, 9.17) is 9.47 Å². The Balaban J connectivity index is 1.86. The summed E-state index contributed by atoms with van der Waals surface area (Å²) in [5, 5.41) is 31.0. The molecule has 1 aromatic carbocycles. The summed E-state index contributed by atoms with van der Waals surface area (Å²) < 4.78 is 49.8. The number of halogens is 4. The molecular formula is C26H34F3IO6. The second-order valence-corrected chi connectivity index (χ2v) is 10.3. The highest BCUT2D eigenvalue weighted by Crippen LogP contribution is 2.37. The van der Waals surface area contributed by atoms with E-state index in [-0.39, 0.29) is 36.8 Å². The van der Waals surface area contributed by atoms with Crippen LogP contribution >= 0.6 is 22.6 Å². The third-order valence-electron chi connectivity index (χ3n) is 5.83. The van der Waals surface area contributed by atoms with E-state index in [0.29, 0.717) is 29.3 Å². The van der Waals surface area contributed by atoms with E-state index in [9.17, 15) is 33.3 Å². The maximum atomic E-state index is 12.9. The molecule has 0 saturated heterocycles. The SMILES string of the molecule is CC(C)OC(=O)CCCC=CCC1C(O)CC(O)C1C=CC(O)COc1cc(C(F)(F)F)ccc1I. The average molecular weight is 626 g/mol. The molecule has 202 valence electrons. The number of hydrogen-bond donors (Lipinski definition) is 3. The normalized spacial score (nSPS) is 23.6. The van der Waals surface area contributed by atoms with Gasteiger partial charge in [-0.1, -0.05) is 24.3 Å². The Labute approximate surface area is 223 Å². The van der Waals surface area contributed by atoms with Crippen LogP contribution in [-0.2, 0) is 15.7 Å². The summed E-state index contributed by atoms with van der Waals surface area (Å²) in [6.07, 6.45) is 2.07. The highest BCUT2D eigenvalue weighted by atomic mass is 127. The average Bonchev–Trinajstić information content (AvgIpc) is 3.04. The number of carbonyl (C=O) groups excluding carboxylic acids is 1. The first-order valence-corrected chi connectivity index (χ1v) is 13.0. The molecule has 0 amide bonds. The van der Waals surface area contributed by atoms with E-state index in [0.717, 1.165) is 12.1 Å². The van der Waals surface area contributed by atoms with Crippen LogP contribution in [0.2, 0.25) is 0 Å². The van der Waals surface area contributed by atoms with Gasteiger partial charge in [0.05, 0.1) is 27.4 Å². The van der Waals surface area contributed by atoms with Crippen LogP contribution in [0.25, 0.3) is 0 Å². The molecule has 0 spiro atoms. The number of esters is 1. The Morgan fingerprint density at radius 2 is 1.94 bits per heavy atom. The van der Waals surface area contributed by atoms with Gasteiger partial charge in [0.15, 0.2) is 0 Å². The Morgan fingerprint density at radius 3 is 2.61 bits per heavy atom. The first kappa shape index (κ1) is 30.6. The molecule has 1 aliphatic rings. The van der Waals surface area contributed by atoms with E-state index < -0.39 is 36.0 Å². The summed E-state index contributed by atoms with van der Waals surface area (Å²) in [4.78, 5) is 11.6. The van der Waals surface area contributed by atoms with Crippen LogP contribution in [0.3, 0.4) is 0 Å². The monoisotopic (exact) mass is 626 g/mol. The van der Waals surface area contributed by atoms with Crippen molar-refractivity contribution in [2.75, 3.05) is 6.61 Å². The van der Waals surface area contributed by atoms with Gasteiger partial charge in [-0.25, -0.2) is 0 Å². The number of rotatable bonds is 12. The van der Waals surface area contributed by atoms with Crippen LogP contribution in [0, 0.1) is 15.4 Å². The van der Waals surface area contributed by atoms with E-state index in [1.807, 2.05) is 34.7 Å². The Bertz CT molecular complexity index is 902. The number of aliphatic hydroxyl groups is 3. The number of alkyl halides is 3. The fourth-order valence-corrected chi connectivity index (χ4v) is 4.53. The minimum atomic E-state index is -4.50. The molecule has 0 bridgehead atoms. The summed E-state index contributed by atoms with van der Waals surface area (Å²) in [5.74, 6) is -0.858. The minimum absolute atomic E-state index is 0.0229. The molecule has 0 aromatic heterocycles. The van der Waals surface area contributed by atoms with Gasteiger partial charge in [-0.15, -0.1) is 0 Å². The predicted octanol–water partition coefficient (Wildman–Crippen LogP) is 5.03. The number of carbonyl (C=O) groups is 1. The molecule has 10 heteroatoms. The fraction of sp³-hybridized carbons (Fsp3) is 0.577. The molecule has 1 aromatic rings. The molecule has 5 unspecified atom stereocenters. The van der Waals surface area contributed by atoms with Crippen molar-refractivity contribution in [2.45, 2.75) is 76.5 Å². The first-order valence-electron chi connectivity index (χ1n) is 11.9. The topological polar surface area (TPSA) is 96.2 Å². The minimum Gasteiger partial charge on any atom is -0.489 e. The van der Waals surface area contributed by atoms with Gasteiger partial charge in [-0.2, -0.15) is 13.2 Å². The predicted molar refractivity (Wildman–Crippen MR) is 137 cm³/mol. The molecule has 1 fully saturated rings. The van der Waals surface area contributed by atoms with Gasteiger partial charge in [-0.3, -0.25) is 4.79 Å². The molecule has 2 rings (SSSR count). The lowest BCUT2D eigenvalue weighted by Gasteiger charge is -2.20. The van der Waals surface area contributed by atoms with Crippen molar-refractivity contribution >= 4 is 28.6 Å². The summed E-state index contributed by atoms with van der Waals surface area (Å²) >= 11 is 1.86. The Kier molecular flexibility index (Phi) is 12.2. The number of unbranched alkanes of at least 4 members (excludes halogenated alkanes) is 1.